The first kappa shape index (κ1) is 14.8. The van der Waals surface area contributed by atoms with Crippen LogP contribution in [0.4, 0.5) is 0 Å². The molecule has 1 aromatic carbocycles. The van der Waals surface area contributed by atoms with Gasteiger partial charge in [-0.1, -0.05) is 50.1 Å². The smallest absolute Gasteiger partial charge is 0.0678 e. The number of rotatable bonds is 3. The standard InChI is InChI=1S/C17H25N3/c1-11-6-12(2)8-13(7-11)14(10-18)15-9-16(20-19-15)17(3,4)5/h6-9,14H,10,18H2,1-5H3,(H,19,20). The van der Waals surface area contributed by atoms with Gasteiger partial charge in [-0.3, -0.25) is 5.10 Å². The summed E-state index contributed by atoms with van der Waals surface area (Å²) in [5, 5.41) is 7.62. The Labute approximate surface area is 121 Å². The average molecular weight is 271 g/mol. The van der Waals surface area contributed by atoms with Crippen molar-refractivity contribution in [3.63, 3.8) is 0 Å². The molecule has 1 aromatic heterocycles. The van der Waals surface area contributed by atoms with Crippen LogP contribution in [-0.2, 0) is 5.41 Å². The Kier molecular flexibility index (Phi) is 4.00. The molecule has 0 spiro atoms. The summed E-state index contributed by atoms with van der Waals surface area (Å²) in [7, 11) is 0. The van der Waals surface area contributed by atoms with Crippen LogP contribution in [0.25, 0.3) is 0 Å². The van der Waals surface area contributed by atoms with Gasteiger partial charge in [-0.15, -0.1) is 0 Å². The molecule has 3 N–H and O–H groups in total. The lowest BCUT2D eigenvalue weighted by Gasteiger charge is -2.16. The van der Waals surface area contributed by atoms with Crippen molar-refractivity contribution in [1.82, 2.24) is 10.2 Å². The topological polar surface area (TPSA) is 54.7 Å². The van der Waals surface area contributed by atoms with E-state index < -0.39 is 0 Å². The molecule has 0 amide bonds. The Morgan fingerprint density at radius 1 is 1.10 bits per heavy atom. The van der Waals surface area contributed by atoms with E-state index in [-0.39, 0.29) is 11.3 Å². The number of benzene rings is 1. The first-order valence-electron chi connectivity index (χ1n) is 7.15. The van der Waals surface area contributed by atoms with E-state index in [4.69, 9.17) is 5.73 Å². The fourth-order valence-corrected chi connectivity index (χ4v) is 2.55. The fraction of sp³-hybridized carbons (Fsp3) is 0.471. The third kappa shape index (κ3) is 3.10. The SMILES string of the molecule is Cc1cc(C)cc(C(CN)c2cc(C(C)(C)C)n[nH]2)c1. The molecule has 0 aliphatic heterocycles. The zero-order valence-corrected chi connectivity index (χ0v) is 13.1. The highest BCUT2D eigenvalue weighted by Gasteiger charge is 2.21. The van der Waals surface area contributed by atoms with Crippen molar-refractivity contribution >= 4 is 0 Å². The predicted molar refractivity (Wildman–Crippen MR) is 84.1 cm³/mol. The van der Waals surface area contributed by atoms with Crippen molar-refractivity contribution in [1.29, 1.82) is 0 Å². The van der Waals surface area contributed by atoms with Crippen LogP contribution in [0, 0.1) is 13.8 Å². The van der Waals surface area contributed by atoms with Gasteiger partial charge in [-0.25, -0.2) is 0 Å². The molecule has 108 valence electrons. The maximum Gasteiger partial charge on any atom is 0.0678 e. The summed E-state index contributed by atoms with van der Waals surface area (Å²) in [5.41, 5.74) is 12.0. The van der Waals surface area contributed by atoms with Gasteiger partial charge in [0, 0.05) is 23.6 Å². The Hall–Kier alpha value is -1.61. The number of H-pyrrole nitrogens is 1. The van der Waals surface area contributed by atoms with Crippen molar-refractivity contribution < 1.29 is 0 Å². The molecule has 1 atom stereocenters. The molecule has 0 aliphatic rings. The largest absolute Gasteiger partial charge is 0.329 e. The number of hydrogen-bond acceptors (Lipinski definition) is 2. The van der Waals surface area contributed by atoms with Gasteiger partial charge in [0.2, 0.25) is 0 Å². The Morgan fingerprint density at radius 2 is 1.70 bits per heavy atom. The van der Waals surface area contributed by atoms with Crippen molar-refractivity contribution in [3.05, 3.63) is 52.3 Å². The molecule has 1 unspecified atom stereocenters. The zero-order chi connectivity index (χ0) is 14.9. The van der Waals surface area contributed by atoms with Gasteiger partial charge in [-0.05, 0) is 25.5 Å². The van der Waals surface area contributed by atoms with Crippen molar-refractivity contribution in [3.8, 4) is 0 Å². The number of aryl methyl sites for hydroxylation is 2. The highest BCUT2D eigenvalue weighted by atomic mass is 15.1. The molecule has 3 heteroatoms. The monoisotopic (exact) mass is 271 g/mol. The van der Waals surface area contributed by atoms with Crippen LogP contribution < -0.4 is 5.73 Å². The predicted octanol–water partition coefficient (Wildman–Crippen LogP) is 3.41. The molecule has 0 fully saturated rings. The lowest BCUT2D eigenvalue weighted by molar-refractivity contribution is 0.567. The van der Waals surface area contributed by atoms with Gasteiger partial charge in [0.15, 0.2) is 0 Å². The molecule has 20 heavy (non-hydrogen) atoms. The van der Waals surface area contributed by atoms with E-state index in [0.29, 0.717) is 6.54 Å². The lowest BCUT2D eigenvalue weighted by atomic mass is 9.89. The van der Waals surface area contributed by atoms with E-state index in [1.54, 1.807) is 0 Å². The molecule has 2 rings (SSSR count). The van der Waals surface area contributed by atoms with Crippen LogP contribution >= 0.6 is 0 Å². The normalized spacial score (nSPS) is 13.5. The zero-order valence-electron chi connectivity index (χ0n) is 13.1. The van der Waals surface area contributed by atoms with Gasteiger partial charge in [0.1, 0.15) is 0 Å². The Balaban J connectivity index is 2.39. The van der Waals surface area contributed by atoms with Gasteiger partial charge < -0.3 is 5.73 Å². The lowest BCUT2D eigenvalue weighted by Crippen LogP contribution is -2.15. The summed E-state index contributed by atoms with van der Waals surface area (Å²) in [6, 6.07) is 8.75. The number of aromatic amines is 1. The van der Waals surface area contributed by atoms with Crippen molar-refractivity contribution in [2.45, 2.75) is 46.0 Å². The molecular weight excluding hydrogens is 246 g/mol. The van der Waals surface area contributed by atoms with E-state index >= 15 is 0 Å². The molecule has 0 saturated heterocycles. The van der Waals surface area contributed by atoms with Gasteiger partial charge in [-0.2, -0.15) is 5.10 Å². The summed E-state index contributed by atoms with van der Waals surface area (Å²) in [5.74, 6) is 0.178. The number of nitrogens with one attached hydrogen (secondary N) is 1. The highest BCUT2D eigenvalue weighted by Crippen LogP contribution is 2.28. The summed E-state index contributed by atoms with van der Waals surface area (Å²) >= 11 is 0. The molecule has 0 bridgehead atoms. The summed E-state index contributed by atoms with van der Waals surface area (Å²) in [6.07, 6.45) is 0. The first-order chi connectivity index (χ1) is 9.31. The van der Waals surface area contributed by atoms with Crippen LogP contribution in [0.1, 0.15) is 54.8 Å². The molecule has 3 nitrogen and oxygen atoms in total. The van der Waals surface area contributed by atoms with E-state index in [2.05, 4.69) is 69.1 Å². The second kappa shape index (κ2) is 5.41. The van der Waals surface area contributed by atoms with Crippen LogP contribution in [0.5, 0.6) is 0 Å². The van der Waals surface area contributed by atoms with Crippen LogP contribution in [0.3, 0.4) is 0 Å². The minimum Gasteiger partial charge on any atom is -0.329 e. The Morgan fingerprint density at radius 3 is 2.15 bits per heavy atom. The molecule has 1 heterocycles. The quantitative estimate of drug-likeness (QED) is 0.898. The maximum absolute atomic E-state index is 6.01. The number of nitrogens with zero attached hydrogens (tertiary/aromatic N) is 1. The summed E-state index contributed by atoms with van der Waals surface area (Å²) in [4.78, 5) is 0. The molecule has 0 aliphatic carbocycles. The van der Waals surface area contributed by atoms with E-state index in [1.165, 1.54) is 16.7 Å². The molecule has 0 radical (unpaired) electrons. The summed E-state index contributed by atoms with van der Waals surface area (Å²) < 4.78 is 0. The van der Waals surface area contributed by atoms with Gasteiger partial charge in [0.05, 0.1) is 5.69 Å². The summed E-state index contributed by atoms with van der Waals surface area (Å²) in [6.45, 7) is 11.3. The number of hydrogen-bond donors (Lipinski definition) is 2. The number of nitrogens with two attached hydrogens (primary N) is 1. The second-order valence-corrected chi connectivity index (χ2v) is 6.67. The van der Waals surface area contributed by atoms with Crippen LogP contribution in [0.15, 0.2) is 24.3 Å². The molecule has 0 saturated carbocycles. The van der Waals surface area contributed by atoms with Crippen LogP contribution in [0.2, 0.25) is 0 Å². The van der Waals surface area contributed by atoms with Crippen molar-refractivity contribution in [2.75, 3.05) is 6.54 Å². The van der Waals surface area contributed by atoms with Gasteiger partial charge in [0.25, 0.3) is 0 Å². The van der Waals surface area contributed by atoms with Crippen LogP contribution in [-0.4, -0.2) is 16.7 Å². The third-order valence-electron chi connectivity index (χ3n) is 3.62. The first-order valence-corrected chi connectivity index (χ1v) is 7.15. The average Bonchev–Trinajstić information content (AvgIpc) is 2.77. The van der Waals surface area contributed by atoms with Gasteiger partial charge >= 0.3 is 0 Å². The van der Waals surface area contributed by atoms with Crippen molar-refractivity contribution in [2.24, 2.45) is 5.73 Å². The minimum atomic E-state index is 0.0520. The molecule has 2 aromatic rings. The third-order valence-corrected chi connectivity index (χ3v) is 3.62. The molecular formula is C17H25N3. The Bertz CT molecular complexity index is 570. The number of aromatic nitrogens is 2. The highest BCUT2D eigenvalue weighted by molar-refractivity contribution is 5.36. The second-order valence-electron chi connectivity index (χ2n) is 6.67. The maximum atomic E-state index is 6.01. The fourth-order valence-electron chi connectivity index (χ4n) is 2.55. The van der Waals surface area contributed by atoms with E-state index in [0.717, 1.165) is 11.4 Å². The van der Waals surface area contributed by atoms with E-state index in [1.807, 2.05) is 0 Å². The minimum absolute atomic E-state index is 0.0520. The van der Waals surface area contributed by atoms with E-state index in [9.17, 15) is 0 Å².